The third kappa shape index (κ3) is 5.93. The van der Waals surface area contributed by atoms with Gasteiger partial charge in [0.15, 0.2) is 0 Å². The molecule has 0 unspecified atom stereocenters. The molecule has 0 saturated carbocycles. The third-order valence-electron chi connectivity index (χ3n) is 6.54. The first-order valence-corrected chi connectivity index (χ1v) is 13.4. The van der Waals surface area contributed by atoms with Crippen LogP contribution in [0.5, 0.6) is 0 Å². The van der Waals surface area contributed by atoms with Crippen molar-refractivity contribution in [1.82, 2.24) is 9.55 Å². The van der Waals surface area contributed by atoms with Crippen molar-refractivity contribution in [3.05, 3.63) is 135 Å². The topological polar surface area (TPSA) is 44.1 Å². The molecule has 0 amide bonds. The lowest BCUT2D eigenvalue weighted by Crippen LogP contribution is -2.11. The number of carbonyl (C=O) groups excluding carboxylic acids is 1. The highest BCUT2D eigenvalue weighted by atomic mass is 35.5. The zero-order valence-electron chi connectivity index (χ0n) is 22.0. The summed E-state index contributed by atoms with van der Waals surface area (Å²) in [7, 11) is 0. The first-order valence-electron chi connectivity index (χ1n) is 12.7. The molecule has 0 aliphatic rings. The first kappa shape index (κ1) is 26.7. The van der Waals surface area contributed by atoms with Gasteiger partial charge in [0.2, 0.25) is 0 Å². The van der Waals surface area contributed by atoms with Crippen LogP contribution < -0.4 is 0 Å². The van der Waals surface area contributed by atoms with Gasteiger partial charge in [0.05, 0.1) is 26.6 Å². The fourth-order valence-corrected chi connectivity index (χ4v) is 4.83. The van der Waals surface area contributed by atoms with E-state index >= 15 is 0 Å². The van der Waals surface area contributed by atoms with Gasteiger partial charge in [0, 0.05) is 18.2 Å². The average Bonchev–Trinajstić information content (AvgIpc) is 3.25. The summed E-state index contributed by atoms with van der Waals surface area (Å²) in [5, 5.41) is 0.767. The van der Waals surface area contributed by atoms with Crippen molar-refractivity contribution in [3.8, 4) is 0 Å². The van der Waals surface area contributed by atoms with E-state index in [0.29, 0.717) is 28.0 Å². The Morgan fingerprint density at radius 1 is 0.821 bits per heavy atom. The number of rotatable bonds is 6. The lowest BCUT2D eigenvalue weighted by Gasteiger charge is -2.19. The molecule has 196 valence electrons. The third-order valence-corrected chi connectivity index (χ3v) is 7.20. The molecule has 1 heterocycles. The molecule has 0 spiro atoms. The number of benzene rings is 4. The van der Waals surface area contributed by atoms with Crippen LogP contribution in [0.1, 0.15) is 53.6 Å². The normalized spacial score (nSPS) is 12.1. The van der Waals surface area contributed by atoms with Gasteiger partial charge in [0.25, 0.3) is 0 Å². The summed E-state index contributed by atoms with van der Waals surface area (Å²) < 4.78 is 8.06. The molecule has 5 aromatic rings. The van der Waals surface area contributed by atoms with Gasteiger partial charge in [-0.3, -0.25) is 0 Å². The molecule has 0 aliphatic carbocycles. The predicted molar refractivity (Wildman–Crippen MR) is 160 cm³/mol. The number of ether oxygens (including phenoxy) is 1. The number of hydrogen-bond acceptors (Lipinski definition) is 3. The maximum atomic E-state index is 13.2. The lowest BCUT2D eigenvalue weighted by atomic mass is 9.87. The second-order valence-corrected chi connectivity index (χ2v) is 11.2. The largest absolute Gasteiger partial charge is 0.422 e. The van der Waals surface area contributed by atoms with E-state index in [-0.39, 0.29) is 16.7 Å². The van der Waals surface area contributed by atoms with Crippen molar-refractivity contribution in [2.24, 2.45) is 0 Å². The maximum absolute atomic E-state index is 13.2. The lowest BCUT2D eigenvalue weighted by molar-refractivity contribution is 0.0694. The van der Waals surface area contributed by atoms with E-state index in [1.54, 1.807) is 36.4 Å². The monoisotopic (exact) mass is 554 g/mol. The summed E-state index contributed by atoms with van der Waals surface area (Å²) in [6.45, 7) is 7.20. The van der Waals surface area contributed by atoms with Gasteiger partial charge in [-0.2, -0.15) is 0 Å². The van der Waals surface area contributed by atoms with Gasteiger partial charge < -0.3 is 9.30 Å². The van der Waals surface area contributed by atoms with Gasteiger partial charge in [-0.25, -0.2) is 9.78 Å². The Kier molecular flexibility index (Phi) is 7.60. The number of para-hydroxylation sites is 2. The minimum Gasteiger partial charge on any atom is -0.422 e. The van der Waals surface area contributed by atoms with E-state index in [9.17, 15) is 4.79 Å². The van der Waals surface area contributed by atoms with Crippen LogP contribution in [-0.4, -0.2) is 15.5 Å². The van der Waals surface area contributed by atoms with Crippen LogP contribution in [0, 0.1) is 0 Å². The number of aromatic nitrogens is 2. The van der Waals surface area contributed by atoms with E-state index in [1.165, 1.54) is 5.56 Å². The van der Waals surface area contributed by atoms with Gasteiger partial charge in [-0.15, -0.1) is 0 Å². The summed E-state index contributed by atoms with van der Waals surface area (Å²) in [6.07, 6.45) is 1.76. The molecule has 0 N–H and O–H groups in total. The Balaban J connectivity index is 1.60. The van der Waals surface area contributed by atoms with Crippen LogP contribution in [-0.2, 0) is 16.7 Å². The minimum atomic E-state index is -0.577. The van der Waals surface area contributed by atoms with Crippen LogP contribution >= 0.6 is 23.2 Å². The predicted octanol–water partition coefficient (Wildman–Crippen LogP) is 9.04. The highest BCUT2D eigenvalue weighted by molar-refractivity contribution is 6.34. The van der Waals surface area contributed by atoms with Crippen molar-refractivity contribution in [2.45, 2.75) is 32.7 Å². The van der Waals surface area contributed by atoms with Gasteiger partial charge in [-0.05, 0) is 52.9 Å². The molecule has 0 atom stereocenters. The molecule has 0 radical (unpaired) electrons. The number of carbonyl (C=O) groups is 1. The summed E-state index contributed by atoms with van der Waals surface area (Å²) >= 11 is 12.8. The molecule has 39 heavy (non-hydrogen) atoms. The molecule has 1 aromatic heterocycles. The van der Waals surface area contributed by atoms with Crippen LogP contribution in [0.2, 0.25) is 10.0 Å². The van der Waals surface area contributed by atoms with E-state index in [0.717, 1.165) is 16.6 Å². The SMILES string of the molecule is CC(C)(C)c1ccc(Cn2c(C=C(OC(=O)c3ccccc3Cl)c3ccccc3Cl)nc3ccccc32)cc1. The molecule has 6 heteroatoms. The molecule has 0 bridgehead atoms. The van der Waals surface area contributed by atoms with Crippen LogP contribution in [0.15, 0.2) is 97.1 Å². The van der Waals surface area contributed by atoms with Gasteiger partial charge in [0.1, 0.15) is 11.6 Å². The number of fused-ring (bicyclic) bond motifs is 1. The van der Waals surface area contributed by atoms with Crippen LogP contribution in [0.3, 0.4) is 0 Å². The van der Waals surface area contributed by atoms with Crippen LogP contribution in [0.25, 0.3) is 22.9 Å². The smallest absolute Gasteiger partial charge is 0.345 e. The second kappa shape index (κ2) is 11.1. The van der Waals surface area contributed by atoms with Crippen molar-refractivity contribution < 1.29 is 9.53 Å². The molecule has 4 nitrogen and oxygen atoms in total. The molecule has 0 aliphatic heterocycles. The Morgan fingerprint density at radius 2 is 1.41 bits per heavy atom. The summed E-state index contributed by atoms with van der Waals surface area (Å²) in [5.41, 5.74) is 5.13. The van der Waals surface area contributed by atoms with Gasteiger partial charge in [-0.1, -0.05) is 105 Å². The minimum absolute atomic E-state index is 0.0729. The fraction of sp³-hybridized carbons (Fsp3) is 0.152. The number of imidazole rings is 1. The van der Waals surface area contributed by atoms with E-state index in [1.807, 2.05) is 42.5 Å². The van der Waals surface area contributed by atoms with E-state index < -0.39 is 5.97 Å². The standard InChI is InChI=1S/C33H28Cl2N2O2/c1-33(2,3)23-18-16-22(17-19-23)21-37-29-15-9-8-14-28(29)36-31(37)20-30(24-10-4-6-12-26(24)34)39-32(38)25-11-5-7-13-27(25)35/h4-20H,21H2,1-3H3. The molecule has 0 fully saturated rings. The van der Waals surface area contributed by atoms with Crippen molar-refractivity contribution in [1.29, 1.82) is 0 Å². The average molecular weight is 556 g/mol. The second-order valence-electron chi connectivity index (χ2n) is 10.3. The number of halogens is 2. The zero-order valence-corrected chi connectivity index (χ0v) is 23.5. The summed E-state index contributed by atoms with van der Waals surface area (Å²) in [5.74, 6) is 0.343. The first-order chi connectivity index (χ1) is 18.7. The van der Waals surface area contributed by atoms with E-state index in [2.05, 4.69) is 49.6 Å². The molecular weight excluding hydrogens is 527 g/mol. The highest BCUT2D eigenvalue weighted by Crippen LogP contribution is 2.30. The number of nitrogens with zero attached hydrogens (tertiary/aromatic N) is 2. The Bertz CT molecular complexity index is 1680. The quantitative estimate of drug-likeness (QED) is 0.155. The molecular formula is C33H28Cl2N2O2. The Morgan fingerprint density at radius 3 is 2.05 bits per heavy atom. The Labute approximate surface area is 238 Å². The summed E-state index contributed by atoms with van der Waals surface area (Å²) in [6, 6.07) is 30.6. The fourth-order valence-electron chi connectivity index (χ4n) is 4.39. The van der Waals surface area contributed by atoms with E-state index in [4.69, 9.17) is 32.9 Å². The van der Waals surface area contributed by atoms with Crippen LogP contribution in [0.4, 0.5) is 0 Å². The summed E-state index contributed by atoms with van der Waals surface area (Å²) in [4.78, 5) is 18.1. The highest BCUT2D eigenvalue weighted by Gasteiger charge is 2.19. The Hall–Kier alpha value is -3.86. The molecule has 4 aromatic carbocycles. The van der Waals surface area contributed by atoms with Crippen molar-refractivity contribution in [3.63, 3.8) is 0 Å². The molecule has 0 saturated heterocycles. The molecule has 5 rings (SSSR count). The maximum Gasteiger partial charge on any atom is 0.345 e. The number of esters is 1. The van der Waals surface area contributed by atoms with Crippen molar-refractivity contribution >= 4 is 52.0 Å². The zero-order chi connectivity index (χ0) is 27.6. The van der Waals surface area contributed by atoms with Crippen molar-refractivity contribution in [2.75, 3.05) is 0 Å². The van der Waals surface area contributed by atoms with Gasteiger partial charge >= 0.3 is 5.97 Å². The number of hydrogen-bond donors (Lipinski definition) is 0.